The first kappa shape index (κ1) is 31.3. The molecule has 0 fully saturated rings. The number of furan rings is 1. The molecular weight excluding hydrogens is 672 g/mol. The van der Waals surface area contributed by atoms with E-state index in [1.54, 1.807) is 54.7 Å². The molecule has 2 unspecified atom stereocenters. The minimum Gasteiger partial charge on any atom is -0.547 e. The molecule has 5 rings (SSSR count). The lowest BCUT2D eigenvalue weighted by Crippen LogP contribution is -3.05. The van der Waals surface area contributed by atoms with Crippen molar-refractivity contribution in [2.75, 3.05) is 0 Å². The van der Waals surface area contributed by atoms with E-state index >= 15 is 0 Å². The standard InChI is InChI=1S/C18H18O6.C13H10Br2N2O/c19-17(20)15(23-11-13-7-3-1-4-8-13)16(18(21)22)24-12-14-9-5-2-6-10-14;1-8(17-3-2-16-7-17)12-5-9-4-10(14)6-11(15)13(9)18-12/h1-10,15-16H,11-12H2,(H,19,20)(H,21,22);2-8H,1H3/t15-,16-;/m0./s1. The minimum absolute atomic E-state index is 0.0454. The van der Waals surface area contributed by atoms with Crippen LogP contribution in [0.2, 0.25) is 0 Å². The number of carbonyl (C=O) groups excluding carboxylic acids is 1. The number of carboxylic acid groups (broad SMARTS) is 2. The number of hydrogen-bond acceptors (Lipinski definition) is 7. The van der Waals surface area contributed by atoms with E-state index in [-0.39, 0.29) is 19.3 Å². The Morgan fingerprint density at radius 1 is 0.952 bits per heavy atom. The number of ether oxygens (including phenoxy) is 2. The summed E-state index contributed by atoms with van der Waals surface area (Å²) in [5.41, 5.74) is 2.33. The Hall–Kier alpha value is -3.61. The monoisotopic (exact) mass is 698 g/mol. The topological polar surface area (TPSA) is 126 Å². The van der Waals surface area contributed by atoms with Gasteiger partial charge in [0.25, 0.3) is 0 Å². The van der Waals surface area contributed by atoms with Crippen molar-refractivity contribution in [3.05, 3.63) is 117 Å². The molecule has 0 bridgehead atoms. The van der Waals surface area contributed by atoms with E-state index in [1.807, 2.05) is 30.7 Å². The molecular formula is C31H28Br2N2O7. The Labute approximate surface area is 259 Å². The number of fused-ring (bicyclic) bond motifs is 1. The number of nitrogens with one attached hydrogen (secondary N) is 1. The summed E-state index contributed by atoms with van der Waals surface area (Å²) in [6.45, 7) is 2.02. The van der Waals surface area contributed by atoms with Gasteiger partial charge in [-0.15, -0.1) is 0 Å². The molecule has 3 aromatic carbocycles. The molecule has 42 heavy (non-hydrogen) atoms. The summed E-state index contributed by atoms with van der Waals surface area (Å²) < 4.78 is 18.4. The molecule has 4 aromatic rings. The smallest absolute Gasteiger partial charge is 0.335 e. The number of carbonyl (C=O) groups is 2. The average molecular weight is 700 g/mol. The lowest BCUT2D eigenvalue weighted by atomic mass is 10.2. The zero-order chi connectivity index (χ0) is 30.1. The molecule has 2 heterocycles. The van der Waals surface area contributed by atoms with Gasteiger partial charge in [0.1, 0.15) is 17.9 Å². The second kappa shape index (κ2) is 15.0. The molecule has 9 nitrogen and oxygen atoms in total. The SMILES string of the molecule is CC(c1cc2cc(Br)cc(Br)c2o1)[NH+]1C=CN=C1.O=C([O-])[C@@H](OCc1ccccc1)[C@H](OCc1ccccc1)C(=O)O. The molecule has 1 aromatic heterocycles. The van der Waals surface area contributed by atoms with Crippen LogP contribution in [-0.4, -0.2) is 35.6 Å². The Morgan fingerprint density at radius 3 is 2.07 bits per heavy atom. The molecule has 11 heteroatoms. The van der Waals surface area contributed by atoms with Gasteiger partial charge in [-0.1, -0.05) is 76.6 Å². The average Bonchev–Trinajstić information content (AvgIpc) is 3.66. The highest BCUT2D eigenvalue weighted by atomic mass is 79.9. The van der Waals surface area contributed by atoms with Crippen molar-refractivity contribution < 1.29 is 38.6 Å². The van der Waals surface area contributed by atoms with Crippen LogP contribution in [0.5, 0.6) is 0 Å². The number of hydrogen-bond donors (Lipinski definition) is 2. The number of benzene rings is 3. The van der Waals surface area contributed by atoms with Gasteiger partial charge in [0.2, 0.25) is 0 Å². The van der Waals surface area contributed by atoms with Crippen molar-refractivity contribution in [3.63, 3.8) is 0 Å². The molecule has 0 saturated heterocycles. The number of halogens is 2. The molecule has 0 radical (unpaired) electrons. The summed E-state index contributed by atoms with van der Waals surface area (Å²) >= 11 is 7.01. The van der Waals surface area contributed by atoms with Gasteiger partial charge in [-0.05, 0) is 52.2 Å². The molecule has 0 aliphatic carbocycles. The van der Waals surface area contributed by atoms with Crippen LogP contribution in [0.15, 0.2) is 110 Å². The summed E-state index contributed by atoms with van der Waals surface area (Å²) in [5, 5.41) is 21.7. The minimum atomic E-state index is -1.72. The second-order valence-electron chi connectivity index (χ2n) is 9.36. The Kier molecular flexibility index (Phi) is 11.2. The maximum absolute atomic E-state index is 11.4. The Balaban J connectivity index is 0.000000200. The highest BCUT2D eigenvalue weighted by Gasteiger charge is 2.31. The van der Waals surface area contributed by atoms with Crippen molar-refractivity contribution in [2.24, 2.45) is 4.99 Å². The predicted octanol–water partition coefficient (Wildman–Crippen LogP) is 4.41. The Morgan fingerprint density at radius 2 is 1.55 bits per heavy atom. The van der Waals surface area contributed by atoms with Crippen LogP contribution < -0.4 is 10.0 Å². The largest absolute Gasteiger partial charge is 0.547 e. The quantitative estimate of drug-likeness (QED) is 0.238. The van der Waals surface area contributed by atoms with Gasteiger partial charge in [-0.3, -0.25) is 4.90 Å². The van der Waals surface area contributed by atoms with Gasteiger partial charge in [0.05, 0.1) is 29.9 Å². The fraction of sp³-hybridized carbons (Fsp3) is 0.194. The van der Waals surface area contributed by atoms with Crippen LogP contribution in [0, 0.1) is 0 Å². The highest BCUT2D eigenvalue weighted by Crippen LogP contribution is 2.32. The molecule has 4 atom stereocenters. The lowest BCUT2D eigenvalue weighted by Gasteiger charge is -2.25. The molecule has 0 saturated carbocycles. The van der Waals surface area contributed by atoms with Crippen LogP contribution in [-0.2, 0) is 32.3 Å². The molecule has 1 aliphatic rings. The van der Waals surface area contributed by atoms with Crippen LogP contribution in [0.1, 0.15) is 29.9 Å². The van der Waals surface area contributed by atoms with Crippen LogP contribution in [0.3, 0.4) is 0 Å². The van der Waals surface area contributed by atoms with E-state index < -0.39 is 24.1 Å². The van der Waals surface area contributed by atoms with Crippen molar-refractivity contribution in [3.8, 4) is 0 Å². The van der Waals surface area contributed by atoms with E-state index in [0.717, 1.165) is 36.8 Å². The summed E-state index contributed by atoms with van der Waals surface area (Å²) in [5.74, 6) is -2.10. The maximum Gasteiger partial charge on any atom is 0.335 e. The fourth-order valence-electron chi connectivity index (χ4n) is 4.12. The molecule has 1 aliphatic heterocycles. The first-order chi connectivity index (χ1) is 20.2. The van der Waals surface area contributed by atoms with Crippen LogP contribution in [0.4, 0.5) is 0 Å². The molecule has 0 spiro atoms. The first-order valence-electron chi connectivity index (χ1n) is 12.9. The van der Waals surface area contributed by atoms with Gasteiger partial charge in [-0.25, -0.2) is 9.79 Å². The summed E-state index contributed by atoms with van der Waals surface area (Å²) in [6, 6.07) is 24.0. The number of nitrogens with zero attached hydrogens (tertiary/aromatic N) is 1. The van der Waals surface area contributed by atoms with Gasteiger partial charge in [-0.2, -0.15) is 0 Å². The number of aliphatic imine (C=N–C) groups is 1. The van der Waals surface area contributed by atoms with E-state index in [9.17, 15) is 19.8 Å². The third kappa shape index (κ3) is 8.46. The Bertz CT molecular complexity index is 1490. The third-order valence-corrected chi connectivity index (χ3v) is 7.40. The van der Waals surface area contributed by atoms with E-state index in [0.29, 0.717) is 0 Å². The summed E-state index contributed by atoms with van der Waals surface area (Å²) in [7, 11) is 0. The molecule has 0 amide bonds. The number of quaternary nitrogens is 1. The number of rotatable bonds is 11. The highest BCUT2D eigenvalue weighted by molar-refractivity contribution is 9.11. The first-order valence-corrected chi connectivity index (χ1v) is 14.5. The zero-order valence-electron chi connectivity index (χ0n) is 22.5. The van der Waals surface area contributed by atoms with Crippen molar-refractivity contribution in [1.29, 1.82) is 0 Å². The lowest BCUT2D eigenvalue weighted by molar-refractivity contribution is -0.774. The van der Waals surface area contributed by atoms with Gasteiger partial charge < -0.3 is 28.9 Å². The van der Waals surface area contributed by atoms with E-state index in [2.05, 4.69) is 55.9 Å². The second-order valence-corrected chi connectivity index (χ2v) is 11.1. The number of carboxylic acids is 2. The van der Waals surface area contributed by atoms with Gasteiger partial charge >= 0.3 is 5.97 Å². The van der Waals surface area contributed by atoms with Crippen molar-refractivity contribution in [1.82, 2.24) is 0 Å². The maximum atomic E-state index is 11.4. The summed E-state index contributed by atoms with van der Waals surface area (Å²) in [6.07, 6.45) is 2.32. The van der Waals surface area contributed by atoms with Crippen LogP contribution in [0.25, 0.3) is 11.0 Å². The van der Waals surface area contributed by atoms with E-state index in [1.165, 1.54) is 4.90 Å². The predicted molar refractivity (Wildman–Crippen MR) is 161 cm³/mol. The van der Waals surface area contributed by atoms with Crippen molar-refractivity contribution in [2.45, 2.75) is 38.4 Å². The summed E-state index contributed by atoms with van der Waals surface area (Å²) in [4.78, 5) is 27.9. The zero-order valence-corrected chi connectivity index (χ0v) is 25.7. The van der Waals surface area contributed by atoms with Crippen molar-refractivity contribution >= 4 is 61.1 Å². The van der Waals surface area contributed by atoms with Gasteiger partial charge in [0, 0.05) is 9.86 Å². The fourth-order valence-corrected chi connectivity index (χ4v) is 5.46. The molecule has 218 valence electrons. The van der Waals surface area contributed by atoms with Crippen LogP contribution >= 0.6 is 31.9 Å². The normalized spacial score (nSPS) is 16.0. The van der Waals surface area contributed by atoms with E-state index in [4.69, 9.17) is 13.9 Å². The third-order valence-electron chi connectivity index (χ3n) is 6.35. The number of aliphatic carboxylic acids is 2. The molecule has 2 N–H and O–H groups in total. The van der Waals surface area contributed by atoms with Gasteiger partial charge in [0.15, 0.2) is 24.2 Å².